The Balaban J connectivity index is 2.15. The lowest BCUT2D eigenvalue weighted by atomic mass is 9.84. The number of nitrogens with one attached hydrogen (secondary N) is 2. The van der Waals surface area contributed by atoms with Gasteiger partial charge in [-0.3, -0.25) is 4.79 Å². The highest BCUT2D eigenvalue weighted by Crippen LogP contribution is 2.26. The van der Waals surface area contributed by atoms with Gasteiger partial charge in [0.1, 0.15) is 0 Å². The molecule has 0 heterocycles. The van der Waals surface area contributed by atoms with Gasteiger partial charge in [-0.2, -0.15) is 0 Å². The van der Waals surface area contributed by atoms with Crippen LogP contribution in [0.25, 0.3) is 0 Å². The Kier molecular flexibility index (Phi) is 6.27. The Labute approximate surface area is 105 Å². The van der Waals surface area contributed by atoms with Gasteiger partial charge in [-0.25, -0.2) is 0 Å². The molecule has 0 saturated carbocycles. The zero-order chi connectivity index (χ0) is 12.7. The maximum atomic E-state index is 11.4. The monoisotopic (exact) mass is 238 g/mol. The molecule has 17 heavy (non-hydrogen) atoms. The minimum Gasteiger partial charge on any atom is -0.355 e. The lowest BCUT2D eigenvalue weighted by molar-refractivity contribution is -0.120. The Morgan fingerprint density at radius 1 is 1.53 bits per heavy atom. The number of amides is 1. The van der Waals surface area contributed by atoms with Crippen molar-refractivity contribution in [1.82, 2.24) is 10.6 Å². The van der Waals surface area contributed by atoms with Crippen molar-refractivity contribution in [3.8, 4) is 0 Å². The average molecular weight is 238 g/mol. The first kappa shape index (κ1) is 14.2. The molecule has 1 aliphatic rings. The van der Waals surface area contributed by atoms with Crippen LogP contribution < -0.4 is 10.6 Å². The maximum absolute atomic E-state index is 11.4. The van der Waals surface area contributed by atoms with Crippen molar-refractivity contribution < 1.29 is 4.79 Å². The highest BCUT2D eigenvalue weighted by Gasteiger charge is 2.17. The maximum Gasteiger partial charge on any atom is 0.233 e. The van der Waals surface area contributed by atoms with Gasteiger partial charge in [-0.15, -0.1) is 0 Å². The van der Waals surface area contributed by atoms with E-state index in [2.05, 4.69) is 37.5 Å². The van der Waals surface area contributed by atoms with Crippen molar-refractivity contribution in [3.63, 3.8) is 0 Å². The summed E-state index contributed by atoms with van der Waals surface area (Å²) in [6, 6.07) is 0. The second kappa shape index (κ2) is 7.49. The molecule has 0 saturated heterocycles. The van der Waals surface area contributed by atoms with Crippen LogP contribution >= 0.6 is 0 Å². The third-order valence-electron chi connectivity index (χ3n) is 3.18. The molecule has 1 amide bonds. The largest absolute Gasteiger partial charge is 0.355 e. The van der Waals surface area contributed by atoms with Gasteiger partial charge in [-0.1, -0.05) is 25.5 Å². The van der Waals surface area contributed by atoms with Crippen molar-refractivity contribution in [2.45, 2.75) is 40.0 Å². The van der Waals surface area contributed by atoms with E-state index >= 15 is 0 Å². The Hall–Kier alpha value is -0.830. The van der Waals surface area contributed by atoms with Gasteiger partial charge in [0.15, 0.2) is 0 Å². The predicted octanol–water partition coefficient (Wildman–Crippen LogP) is 2.09. The number of allylic oxidation sites excluding steroid dienone is 2. The smallest absolute Gasteiger partial charge is 0.233 e. The summed E-state index contributed by atoms with van der Waals surface area (Å²) in [7, 11) is 0. The van der Waals surface area contributed by atoms with Gasteiger partial charge in [0, 0.05) is 6.54 Å². The molecule has 3 nitrogen and oxygen atoms in total. The van der Waals surface area contributed by atoms with E-state index in [0.717, 1.165) is 19.5 Å². The molecule has 0 spiro atoms. The van der Waals surface area contributed by atoms with Gasteiger partial charge >= 0.3 is 0 Å². The Morgan fingerprint density at radius 3 is 2.94 bits per heavy atom. The number of hydrogen-bond donors (Lipinski definition) is 2. The lowest BCUT2D eigenvalue weighted by Crippen LogP contribution is -2.36. The molecule has 0 aromatic rings. The molecular weight excluding hydrogens is 212 g/mol. The molecule has 2 N–H and O–H groups in total. The summed E-state index contributed by atoms with van der Waals surface area (Å²) in [5.74, 6) is 1.49. The van der Waals surface area contributed by atoms with E-state index in [0.29, 0.717) is 18.4 Å². The molecule has 2 unspecified atom stereocenters. The Morgan fingerprint density at radius 2 is 2.29 bits per heavy atom. The highest BCUT2D eigenvalue weighted by atomic mass is 16.1. The van der Waals surface area contributed by atoms with E-state index in [4.69, 9.17) is 0 Å². The fourth-order valence-electron chi connectivity index (χ4n) is 2.56. The number of hydrogen-bond acceptors (Lipinski definition) is 2. The third-order valence-corrected chi connectivity index (χ3v) is 3.18. The molecule has 0 aromatic carbocycles. The fourth-order valence-corrected chi connectivity index (χ4v) is 2.56. The second-order valence-corrected chi connectivity index (χ2v) is 5.28. The van der Waals surface area contributed by atoms with E-state index in [9.17, 15) is 4.79 Å². The zero-order valence-corrected chi connectivity index (χ0v) is 11.4. The molecule has 2 atom stereocenters. The van der Waals surface area contributed by atoms with E-state index in [-0.39, 0.29) is 5.91 Å². The summed E-state index contributed by atoms with van der Waals surface area (Å²) in [4.78, 5) is 11.4. The van der Waals surface area contributed by atoms with Crippen LogP contribution in [0.1, 0.15) is 40.0 Å². The first-order valence-corrected chi connectivity index (χ1v) is 6.76. The van der Waals surface area contributed by atoms with Gasteiger partial charge in [0.05, 0.1) is 6.54 Å². The number of rotatable bonds is 6. The van der Waals surface area contributed by atoms with Crippen molar-refractivity contribution in [1.29, 1.82) is 0 Å². The lowest BCUT2D eigenvalue weighted by Gasteiger charge is -2.25. The minimum atomic E-state index is 0.114. The molecule has 0 fully saturated rings. The van der Waals surface area contributed by atoms with E-state index < -0.39 is 0 Å². The molecular formula is C14H26N2O. The topological polar surface area (TPSA) is 41.1 Å². The molecule has 1 aliphatic carbocycles. The standard InChI is InChI=1S/C14H26N2O/c1-4-5-16-14(17)10-15-9-13-7-11(2)6-12(3)8-13/h6,11,13,15H,4-5,7-10H2,1-3H3,(H,16,17). The third kappa shape index (κ3) is 5.87. The number of carbonyl (C=O) groups excluding carboxylic acids is 1. The normalized spacial score (nSPS) is 24.3. The fraction of sp³-hybridized carbons (Fsp3) is 0.786. The minimum absolute atomic E-state index is 0.114. The van der Waals surface area contributed by atoms with Crippen molar-refractivity contribution >= 4 is 5.91 Å². The SMILES string of the molecule is CCCNC(=O)CNCC1CC(C)=CC(C)C1. The van der Waals surface area contributed by atoms with E-state index in [1.807, 2.05) is 0 Å². The van der Waals surface area contributed by atoms with Crippen molar-refractivity contribution in [2.75, 3.05) is 19.6 Å². The van der Waals surface area contributed by atoms with Crippen LogP contribution in [0.4, 0.5) is 0 Å². The molecule has 0 aromatic heterocycles. The summed E-state index contributed by atoms with van der Waals surface area (Å²) in [6.07, 6.45) is 5.77. The molecule has 3 heteroatoms. The summed E-state index contributed by atoms with van der Waals surface area (Å²) < 4.78 is 0. The van der Waals surface area contributed by atoms with E-state index in [1.165, 1.54) is 18.4 Å². The first-order chi connectivity index (χ1) is 8.11. The predicted molar refractivity (Wildman–Crippen MR) is 71.8 cm³/mol. The average Bonchev–Trinajstić information content (AvgIpc) is 2.25. The van der Waals surface area contributed by atoms with Crippen LogP contribution in [0.15, 0.2) is 11.6 Å². The van der Waals surface area contributed by atoms with Crippen LogP contribution in [0, 0.1) is 11.8 Å². The Bertz CT molecular complexity index is 273. The molecule has 1 rings (SSSR count). The second-order valence-electron chi connectivity index (χ2n) is 5.28. The molecule has 0 radical (unpaired) electrons. The quantitative estimate of drug-likeness (QED) is 0.696. The van der Waals surface area contributed by atoms with Gasteiger partial charge in [0.25, 0.3) is 0 Å². The van der Waals surface area contributed by atoms with E-state index in [1.54, 1.807) is 0 Å². The molecule has 0 bridgehead atoms. The van der Waals surface area contributed by atoms with Crippen LogP contribution in [-0.4, -0.2) is 25.5 Å². The summed E-state index contributed by atoms with van der Waals surface area (Å²) >= 11 is 0. The molecule has 0 aliphatic heterocycles. The summed E-state index contributed by atoms with van der Waals surface area (Å²) in [5.41, 5.74) is 1.49. The first-order valence-electron chi connectivity index (χ1n) is 6.76. The van der Waals surface area contributed by atoms with Gasteiger partial charge in [-0.05, 0) is 44.6 Å². The van der Waals surface area contributed by atoms with Crippen LogP contribution in [0.3, 0.4) is 0 Å². The van der Waals surface area contributed by atoms with Crippen LogP contribution in [0.2, 0.25) is 0 Å². The van der Waals surface area contributed by atoms with Crippen molar-refractivity contribution in [2.24, 2.45) is 11.8 Å². The zero-order valence-electron chi connectivity index (χ0n) is 11.4. The van der Waals surface area contributed by atoms with Crippen LogP contribution in [-0.2, 0) is 4.79 Å². The summed E-state index contributed by atoms with van der Waals surface area (Å²) in [6.45, 7) is 8.72. The van der Waals surface area contributed by atoms with Gasteiger partial charge in [0.2, 0.25) is 5.91 Å². The molecule has 98 valence electrons. The van der Waals surface area contributed by atoms with Gasteiger partial charge < -0.3 is 10.6 Å². The van der Waals surface area contributed by atoms with Crippen LogP contribution in [0.5, 0.6) is 0 Å². The highest BCUT2D eigenvalue weighted by molar-refractivity contribution is 5.77. The van der Waals surface area contributed by atoms with Crippen molar-refractivity contribution in [3.05, 3.63) is 11.6 Å². The number of carbonyl (C=O) groups is 1. The summed E-state index contributed by atoms with van der Waals surface area (Å²) in [5, 5.41) is 6.14.